The van der Waals surface area contributed by atoms with Crippen molar-refractivity contribution in [3.05, 3.63) is 35.9 Å². The van der Waals surface area contributed by atoms with Crippen LogP contribution in [0.15, 0.2) is 30.3 Å². The van der Waals surface area contributed by atoms with Gasteiger partial charge in [-0.05, 0) is 44.1 Å². The Morgan fingerprint density at radius 2 is 1.95 bits per heavy atom. The molecule has 0 bridgehead atoms. The van der Waals surface area contributed by atoms with E-state index in [1.807, 2.05) is 30.3 Å². The lowest BCUT2D eigenvalue weighted by atomic mass is 9.86. The smallest absolute Gasteiger partial charge is 0.407 e. The van der Waals surface area contributed by atoms with Gasteiger partial charge in [0, 0.05) is 18.1 Å². The van der Waals surface area contributed by atoms with Crippen molar-refractivity contribution in [1.29, 1.82) is 0 Å². The van der Waals surface area contributed by atoms with Gasteiger partial charge >= 0.3 is 6.09 Å². The van der Waals surface area contributed by atoms with E-state index in [1.165, 1.54) is 12.8 Å². The van der Waals surface area contributed by atoms with Gasteiger partial charge in [0.25, 0.3) is 0 Å². The van der Waals surface area contributed by atoms with Crippen molar-refractivity contribution < 1.29 is 9.53 Å². The van der Waals surface area contributed by atoms with Crippen molar-refractivity contribution in [2.75, 3.05) is 0 Å². The maximum Gasteiger partial charge on any atom is 0.407 e. The predicted molar refractivity (Wildman–Crippen MR) is 81.9 cm³/mol. The van der Waals surface area contributed by atoms with Crippen LogP contribution in [0.1, 0.15) is 38.2 Å². The number of carbonyl (C=O) groups is 1. The minimum absolute atomic E-state index is 0.261. The largest absolute Gasteiger partial charge is 0.445 e. The molecule has 21 heavy (non-hydrogen) atoms. The molecule has 2 aliphatic rings. The molecular weight excluding hydrogens is 264 g/mol. The van der Waals surface area contributed by atoms with E-state index < -0.39 is 0 Å². The van der Waals surface area contributed by atoms with Crippen molar-refractivity contribution in [3.8, 4) is 0 Å². The zero-order chi connectivity index (χ0) is 14.7. The molecule has 0 spiro atoms. The SMILES string of the molecule is CC(NC1CC(NC(=O)OCc2ccccc2)C1)C1CC1. The average molecular weight is 288 g/mol. The normalized spacial score (nSPS) is 25.8. The first-order chi connectivity index (χ1) is 10.2. The highest BCUT2D eigenvalue weighted by molar-refractivity contribution is 5.67. The standard InChI is InChI=1S/C17H24N2O2/c1-12(14-7-8-14)18-15-9-16(10-15)19-17(20)21-11-13-5-3-2-4-6-13/h2-6,12,14-16,18H,7-11H2,1H3,(H,19,20). The molecule has 0 heterocycles. The summed E-state index contributed by atoms with van der Waals surface area (Å²) < 4.78 is 5.23. The molecule has 4 nitrogen and oxygen atoms in total. The van der Waals surface area contributed by atoms with Gasteiger partial charge < -0.3 is 15.4 Å². The minimum Gasteiger partial charge on any atom is -0.445 e. The molecule has 2 N–H and O–H groups in total. The van der Waals surface area contributed by atoms with Gasteiger partial charge in [0.05, 0.1) is 0 Å². The lowest BCUT2D eigenvalue weighted by Crippen LogP contribution is -2.54. The monoisotopic (exact) mass is 288 g/mol. The number of amides is 1. The summed E-state index contributed by atoms with van der Waals surface area (Å²) in [6.07, 6.45) is 4.45. The van der Waals surface area contributed by atoms with E-state index in [0.717, 1.165) is 24.3 Å². The summed E-state index contributed by atoms with van der Waals surface area (Å²) >= 11 is 0. The fraction of sp³-hybridized carbons (Fsp3) is 0.588. The van der Waals surface area contributed by atoms with Crippen molar-refractivity contribution in [3.63, 3.8) is 0 Å². The zero-order valence-electron chi connectivity index (χ0n) is 12.5. The number of benzene rings is 1. The van der Waals surface area contributed by atoms with Crippen LogP contribution in [0.5, 0.6) is 0 Å². The van der Waals surface area contributed by atoms with E-state index in [0.29, 0.717) is 18.7 Å². The molecule has 1 aromatic rings. The minimum atomic E-state index is -0.308. The van der Waals surface area contributed by atoms with Crippen LogP contribution in [0.4, 0.5) is 4.79 Å². The highest BCUT2D eigenvalue weighted by atomic mass is 16.5. The summed E-state index contributed by atoms with van der Waals surface area (Å²) in [6.45, 7) is 2.60. The average Bonchev–Trinajstić information content (AvgIpc) is 3.28. The van der Waals surface area contributed by atoms with Crippen LogP contribution in [-0.2, 0) is 11.3 Å². The number of nitrogens with one attached hydrogen (secondary N) is 2. The molecule has 2 saturated carbocycles. The van der Waals surface area contributed by atoms with Crippen molar-refractivity contribution in [2.24, 2.45) is 5.92 Å². The number of alkyl carbamates (subject to hydrolysis) is 1. The Balaban J connectivity index is 1.30. The summed E-state index contributed by atoms with van der Waals surface area (Å²) in [5, 5.41) is 6.58. The number of hydrogen-bond donors (Lipinski definition) is 2. The van der Waals surface area contributed by atoms with Crippen molar-refractivity contribution in [2.45, 2.75) is 57.3 Å². The maximum atomic E-state index is 11.7. The summed E-state index contributed by atoms with van der Waals surface area (Å²) in [5.74, 6) is 0.882. The molecule has 0 radical (unpaired) electrons. The second kappa shape index (κ2) is 6.48. The van der Waals surface area contributed by atoms with Crippen molar-refractivity contribution >= 4 is 6.09 Å². The van der Waals surface area contributed by atoms with E-state index in [-0.39, 0.29) is 12.1 Å². The fourth-order valence-corrected chi connectivity index (χ4v) is 2.91. The summed E-state index contributed by atoms with van der Waals surface area (Å²) in [7, 11) is 0. The first-order valence-electron chi connectivity index (χ1n) is 7.94. The molecule has 1 amide bonds. The third-order valence-electron chi connectivity index (χ3n) is 4.50. The van der Waals surface area contributed by atoms with Crippen LogP contribution in [0, 0.1) is 5.92 Å². The molecule has 2 fully saturated rings. The molecule has 0 aromatic heterocycles. The summed E-state index contributed by atoms with van der Waals surface area (Å²) in [5.41, 5.74) is 1.01. The van der Waals surface area contributed by atoms with E-state index >= 15 is 0 Å². The lowest BCUT2D eigenvalue weighted by Gasteiger charge is -2.38. The van der Waals surface area contributed by atoms with Crippen LogP contribution in [0.25, 0.3) is 0 Å². The molecule has 0 saturated heterocycles. The third kappa shape index (κ3) is 4.21. The Bertz CT molecular complexity index is 467. The number of ether oxygens (including phenoxy) is 1. The molecular formula is C17H24N2O2. The topological polar surface area (TPSA) is 50.4 Å². The quantitative estimate of drug-likeness (QED) is 0.846. The first kappa shape index (κ1) is 14.4. The van der Waals surface area contributed by atoms with Gasteiger partial charge in [0.2, 0.25) is 0 Å². The number of rotatable bonds is 6. The lowest BCUT2D eigenvalue weighted by molar-refractivity contribution is 0.124. The molecule has 4 heteroatoms. The van der Waals surface area contributed by atoms with Gasteiger partial charge in [0.1, 0.15) is 6.61 Å². The molecule has 3 rings (SSSR count). The van der Waals surface area contributed by atoms with Gasteiger partial charge in [-0.25, -0.2) is 4.79 Å². The van der Waals surface area contributed by atoms with Crippen LogP contribution < -0.4 is 10.6 Å². The highest BCUT2D eigenvalue weighted by Gasteiger charge is 2.35. The number of hydrogen-bond acceptors (Lipinski definition) is 3. The Morgan fingerprint density at radius 1 is 1.24 bits per heavy atom. The van der Waals surface area contributed by atoms with Gasteiger partial charge in [0.15, 0.2) is 0 Å². The van der Waals surface area contributed by atoms with Crippen LogP contribution in [0.2, 0.25) is 0 Å². The van der Waals surface area contributed by atoms with Gasteiger partial charge in [-0.2, -0.15) is 0 Å². The first-order valence-corrected chi connectivity index (χ1v) is 7.94. The summed E-state index contributed by atoms with van der Waals surface area (Å²) in [6, 6.07) is 11.2. The Kier molecular flexibility index (Phi) is 4.44. The van der Waals surface area contributed by atoms with E-state index in [9.17, 15) is 4.79 Å². The third-order valence-corrected chi connectivity index (χ3v) is 4.50. The Labute approximate surface area is 126 Å². The highest BCUT2D eigenvalue weighted by Crippen LogP contribution is 2.33. The fourth-order valence-electron chi connectivity index (χ4n) is 2.91. The maximum absolute atomic E-state index is 11.7. The molecule has 1 unspecified atom stereocenters. The van der Waals surface area contributed by atoms with E-state index in [4.69, 9.17) is 4.74 Å². The van der Waals surface area contributed by atoms with E-state index in [2.05, 4.69) is 17.6 Å². The molecule has 114 valence electrons. The second-order valence-electron chi connectivity index (χ2n) is 6.36. The Hall–Kier alpha value is -1.55. The Morgan fingerprint density at radius 3 is 2.62 bits per heavy atom. The van der Waals surface area contributed by atoms with Crippen molar-refractivity contribution in [1.82, 2.24) is 10.6 Å². The van der Waals surface area contributed by atoms with Gasteiger partial charge in [-0.3, -0.25) is 0 Å². The van der Waals surface area contributed by atoms with Crippen LogP contribution >= 0.6 is 0 Å². The predicted octanol–water partition coefficient (Wildman–Crippen LogP) is 2.83. The zero-order valence-corrected chi connectivity index (χ0v) is 12.5. The molecule has 0 aliphatic heterocycles. The molecule has 1 atom stereocenters. The molecule has 1 aromatic carbocycles. The van der Waals surface area contributed by atoms with Crippen LogP contribution in [-0.4, -0.2) is 24.2 Å². The summed E-state index contributed by atoms with van der Waals surface area (Å²) in [4.78, 5) is 11.7. The molecule has 2 aliphatic carbocycles. The second-order valence-corrected chi connectivity index (χ2v) is 6.36. The van der Waals surface area contributed by atoms with E-state index in [1.54, 1.807) is 0 Å². The van der Waals surface area contributed by atoms with Crippen LogP contribution in [0.3, 0.4) is 0 Å². The van der Waals surface area contributed by atoms with Gasteiger partial charge in [-0.1, -0.05) is 30.3 Å². The number of carbonyl (C=O) groups excluding carboxylic acids is 1. The van der Waals surface area contributed by atoms with Gasteiger partial charge in [-0.15, -0.1) is 0 Å².